The van der Waals surface area contributed by atoms with Gasteiger partial charge in [-0.2, -0.15) is 4.98 Å². The monoisotopic (exact) mass is 312 g/mol. The molecule has 0 spiro atoms. The third-order valence-corrected chi connectivity index (χ3v) is 4.48. The number of nitrogens with one attached hydrogen (secondary N) is 1. The van der Waals surface area contributed by atoms with Crippen LogP contribution in [0, 0.1) is 0 Å². The SMILES string of the molecule is O=C1C[C@H](c2ccccc2)N(Cc2noc(C3CC3)n2)CCN1. The van der Waals surface area contributed by atoms with Crippen LogP contribution in [0.15, 0.2) is 34.9 Å². The van der Waals surface area contributed by atoms with Crippen LogP contribution in [-0.2, 0) is 11.3 Å². The Kier molecular flexibility index (Phi) is 3.83. The minimum atomic E-state index is 0.0431. The highest BCUT2D eigenvalue weighted by Gasteiger charge is 2.31. The van der Waals surface area contributed by atoms with E-state index in [0.717, 1.165) is 30.8 Å². The number of nitrogens with zero attached hydrogens (tertiary/aromatic N) is 3. The number of carbonyl (C=O) groups is 1. The highest BCUT2D eigenvalue weighted by molar-refractivity contribution is 5.77. The first-order chi connectivity index (χ1) is 11.3. The Labute approximate surface area is 134 Å². The Morgan fingerprint density at radius 1 is 1.26 bits per heavy atom. The molecule has 1 saturated carbocycles. The van der Waals surface area contributed by atoms with Crippen molar-refractivity contribution < 1.29 is 9.32 Å². The Balaban J connectivity index is 1.56. The van der Waals surface area contributed by atoms with Crippen LogP contribution >= 0.6 is 0 Å². The van der Waals surface area contributed by atoms with E-state index >= 15 is 0 Å². The molecule has 23 heavy (non-hydrogen) atoms. The molecule has 6 nitrogen and oxygen atoms in total. The van der Waals surface area contributed by atoms with Gasteiger partial charge in [0.1, 0.15) is 0 Å². The largest absolute Gasteiger partial charge is 0.355 e. The van der Waals surface area contributed by atoms with Crippen LogP contribution in [0.1, 0.15) is 48.5 Å². The maximum Gasteiger partial charge on any atom is 0.229 e. The van der Waals surface area contributed by atoms with Gasteiger partial charge in [0.2, 0.25) is 11.8 Å². The van der Waals surface area contributed by atoms with E-state index in [2.05, 4.69) is 32.5 Å². The van der Waals surface area contributed by atoms with Crippen molar-refractivity contribution in [3.8, 4) is 0 Å². The van der Waals surface area contributed by atoms with Crippen LogP contribution in [0.25, 0.3) is 0 Å². The first-order valence-electron chi connectivity index (χ1n) is 8.18. The van der Waals surface area contributed by atoms with Crippen LogP contribution in [0.5, 0.6) is 0 Å². The first-order valence-corrected chi connectivity index (χ1v) is 8.18. The molecule has 4 rings (SSSR count). The third kappa shape index (κ3) is 3.27. The van der Waals surface area contributed by atoms with Crippen LogP contribution in [-0.4, -0.2) is 34.0 Å². The lowest BCUT2D eigenvalue weighted by Crippen LogP contribution is -2.31. The smallest absolute Gasteiger partial charge is 0.229 e. The summed E-state index contributed by atoms with van der Waals surface area (Å²) in [6, 6.07) is 10.2. The summed E-state index contributed by atoms with van der Waals surface area (Å²) < 4.78 is 5.35. The maximum absolute atomic E-state index is 12.0. The quantitative estimate of drug-likeness (QED) is 0.935. The first kappa shape index (κ1) is 14.4. The lowest BCUT2D eigenvalue weighted by molar-refractivity contribution is -0.121. The van der Waals surface area contributed by atoms with E-state index in [1.807, 2.05) is 18.2 Å². The minimum Gasteiger partial charge on any atom is -0.355 e. The summed E-state index contributed by atoms with van der Waals surface area (Å²) in [5, 5.41) is 7.06. The van der Waals surface area contributed by atoms with Crippen molar-refractivity contribution in [3.05, 3.63) is 47.6 Å². The summed E-state index contributed by atoms with van der Waals surface area (Å²) in [4.78, 5) is 18.8. The Morgan fingerprint density at radius 2 is 2.09 bits per heavy atom. The second-order valence-electron chi connectivity index (χ2n) is 6.27. The average molecular weight is 312 g/mol. The average Bonchev–Trinajstić information content (AvgIpc) is 3.34. The van der Waals surface area contributed by atoms with Crippen LogP contribution in [0.2, 0.25) is 0 Å². The molecule has 2 heterocycles. The van der Waals surface area contributed by atoms with Gasteiger partial charge in [-0.1, -0.05) is 35.5 Å². The topological polar surface area (TPSA) is 71.3 Å². The van der Waals surface area contributed by atoms with Crippen LogP contribution in [0.3, 0.4) is 0 Å². The van der Waals surface area contributed by atoms with Gasteiger partial charge in [0.25, 0.3) is 0 Å². The Morgan fingerprint density at radius 3 is 2.87 bits per heavy atom. The molecular weight excluding hydrogens is 292 g/mol. The van der Waals surface area contributed by atoms with Gasteiger partial charge in [-0.15, -0.1) is 0 Å². The van der Waals surface area contributed by atoms with Gasteiger partial charge in [-0.25, -0.2) is 0 Å². The molecule has 1 aromatic heterocycles. The van der Waals surface area contributed by atoms with E-state index in [9.17, 15) is 4.79 Å². The van der Waals surface area contributed by atoms with Gasteiger partial charge in [-0.05, 0) is 18.4 Å². The number of carbonyl (C=O) groups excluding carboxylic acids is 1. The second-order valence-corrected chi connectivity index (χ2v) is 6.27. The van der Waals surface area contributed by atoms with E-state index in [4.69, 9.17) is 4.52 Å². The zero-order chi connectivity index (χ0) is 15.6. The van der Waals surface area contributed by atoms with E-state index in [0.29, 0.717) is 31.3 Å². The van der Waals surface area contributed by atoms with Crippen molar-refractivity contribution in [2.24, 2.45) is 0 Å². The van der Waals surface area contributed by atoms with Crippen LogP contribution < -0.4 is 5.32 Å². The summed E-state index contributed by atoms with van der Waals surface area (Å²) in [5.74, 6) is 2.03. The third-order valence-electron chi connectivity index (χ3n) is 4.48. The van der Waals surface area contributed by atoms with Gasteiger partial charge in [0.05, 0.1) is 6.54 Å². The maximum atomic E-state index is 12.0. The molecule has 1 aliphatic carbocycles. The molecule has 2 aliphatic rings. The second kappa shape index (κ2) is 6.12. The number of amides is 1. The Hall–Kier alpha value is -2.21. The van der Waals surface area contributed by atoms with Gasteiger partial charge >= 0.3 is 0 Å². The van der Waals surface area contributed by atoms with E-state index < -0.39 is 0 Å². The van der Waals surface area contributed by atoms with Gasteiger partial charge in [-0.3, -0.25) is 9.69 Å². The highest BCUT2D eigenvalue weighted by Crippen LogP contribution is 2.39. The summed E-state index contributed by atoms with van der Waals surface area (Å²) in [6.07, 6.45) is 2.75. The van der Waals surface area contributed by atoms with Crippen molar-refractivity contribution >= 4 is 5.91 Å². The molecule has 1 N–H and O–H groups in total. The fourth-order valence-corrected chi connectivity index (χ4v) is 3.07. The van der Waals surface area contributed by atoms with Gasteiger partial charge in [0.15, 0.2) is 5.82 Å². The summed E-state index contributed by atoms with van der Waals surface area (Å²) in [7, 11) is 0. The summed E-state index contributed by atoms with van der Waals surface area (Å²) >= 11 is 0. The van der Waals surface area contributed by atoms with Crippen LogP contribution in [0.4, 0.5) is 0 Å². The molecule has 0 unspecified atom stereocenters. The fourth-order valence-electron chi connectivity index (χ4n) is 3.07. The normalized spacial score (nSPS) is 22.6. The fraction of sp³-hybridized carbons (Fsp3) is 0.471. The van der Waals surface area contributed by atoms with E-state index in [1.54, 1.807) is 0 Å². The lowest BCUT2D eigenvalue weighted by Gasteiger charge is -2.28. The molecule has 1 aromatic carbocycles. The highest BCUT2D eigenvalue weighted by atomic mass is 16.5. The molecule has 0 radical (unpaired) electrons. The predicted octanol–water partition coefficient (Wildman–Crippen LogP) is 2.01. The lowest BCUT2D eigenvalue weighted by atomic mass is 10.0. The molecule has 1 amide bonds. The standard InChI is InChI=1S/C17H20N4O2/c22-16-10-14(12-4-2-1-3-5-12)21(9-8-18-16)11-15-19-17(23-20-15)13-6-7-13/h1-5,13-14H,6-11H2,(H,18,22)/t14-/m1/s1. The zero-order valence-electron chi connectivity index (χ0n) is 12.9. The molecule has 2 aromatic rings. The van der Waals surface area contributed by atoms with E-state index in [1.165, 1.54) is 0 Å². The van der Waals surface area contributed by atoms with Crippen molar-refractivity contribution in [2.45, 2.75) is 37.8 Å². The molecular formula is C17H20N4O2. The minimum absolute atomic E-state index is 0.0431. The molecule has 0 bridgehead atoms. The number of benzene rings is 1. The van der Waals surface area contributed by atoms with Gasteiger partial charge < -0.3 is 9.84 Å². The number of aromatic nitrogens is 2. The molecule has 1 atom stereocenters. The molecule has 1 aliphatic heterocycles. The molecule has 6 heteroatoms. The van der Waals surface area contributed by atoms with E-state index in [-0.39, 0.29) is 11.9 Å². The number of hydrogen-bond acceptors (Lipinski definition) is 5. The Bertz CT molecular complexity index is 681. The predicted molar refractivity (Wildman–Crippen MR) is 83.5 cm³/mol. The van der Waals surface area contributed by atoms with Crippen molar-refractivity contribution in [3.63, 3.8) is 0 Å². The molecule has 2 fully saturated rings. The number of rotatable bonds is 4. The van der Waals surface area contributed by atoms with Crippen molar-refractivity contribution in [2.75, 3.05) is 13.1 Å². The molecule has 120 valence electrons. The summed E-state index contributed by atoms with van der Waals surface area (Å²) in [5.41, 5.74) is 1.15. The van der Waals surface area contributed by atoms with Crippen molar-refractivity contribution in [1.82, 2.24) is 20.4 Å². The zero-order valence-corrected chi connectivity index (χ0v) is 12.9. The van der Waals surface area contributed by atoms with Gasteiger partial charge in [0, 0.05) is 31.5 Å². The van der Waals surface area contributed by atoms with Crippen molar-refractivity contribution in [1.29, 1.82) is 0 Å². The molecule has 1 saturated heterocycles. The summed E-state index contributed by atoms with van der Waals surface area (Å²) in [6.45, 7) is 2.03. The number of hydrogen-bond donors (Lipinski definition) is 1.